The van der Waals surface area contributed by atoms with Gasteiger partial charge in [0.1, 0.15) is 0 Å². The van der Waals surface area contributed by atoms with Crippen LogP contribution in [0.4, 0.5) is 0 Å². The largest absolute Gasteiger partial charge is 0.381 e. The summed E-state index contributed by atoms with van der Waals surface area (Å²) in [6.45, 7) is 4.35. The minimum atomic E-state index is 0.477. The molecule has 1 saturated heterocycles. The molecule has 0 radical (unpaired) electrons. The SMILES string of the molecule is CC1CCC(C(N)CCCCC2CCOCC2)C1. The van der Waals surface area contributed by atoms with Crippen molar-refractivity contribution >= 4 is 0 Å². The molecule has 2 nitrogen and oxygen atoms in total. The number of hydrogen-bond donors (Lipinski definition) is 1. The maximum Gasteiger partial charge on any atom is 0.0468 e. The van der Waals surface area contributed by atoms with Gasteiger partial charge >= 0.3 is 0 Å². The van der Waals surface area contributed by atoms with Gasteiger partial charge in [-0.25, -0.2) is 0 Å². The van der Waals surface area contributed by atoms with Gasteiger partial charge in [-0.1, -0.05) is 32.6 Å². The summed E-state index contributed by atoms with van der Waals surface area (Å²) < 4.78 is 5.40. The third-order valence-corrected chi connectivity index (χ3v) is 5.08. The van der Waals surface area contributed by atoms with Crippen LogP contribution in [0.25, 0.3) is 0 Å². The second kappa shape index (κ2) is 7.49. The average molecular weight is 253 g/mol. The fraction of sp³-hybridized carbons (Fsp3) is 1.00. The lowest BCUT2D eigenvalue weighted by atomic mass is 9.90. The first-order valence-electron chi connectivity index (χ1n) is 8.09. The highest BCUT2D eigenvalue weighted by atomic mass is 16.5. The zero-order valence-electron chi connectivity index (χ0n) is 12.1. The maximum absolute atomic E-state index is 6.34. The monoisotopic (exact) mass is 253 g/mol. The molecule has 0 aromatic rings. The molecule has 0 amide bonds. The Morgan fingerprint density at radius 2 is 1.89 bits per heavy atom. The smallest absolute Gasteiger partial charge is 0.0468 e. The molecule has 1 aliphatic carbocycles. The van der Waals surface area contributed by atoms with Crippen LogP contribution in [0.15, 0.2) is 0 Å². The Kier molecular flexibility index (Phi) is 5.97. The molecule has 2 N–H and O–H groups in total. The standard InChI is InChI=1S/C16H31NO/c1-13-6-7-15(12-13)16(17)5-3-2-4-14-8-10-18-11-9-14/h13-16H,2-12,17H2,1H3. The first kappa shape index (κ1) is 14.3. The van der Waals surface area contributed by atoms with E-state index in [0.717, 1.165) is 31.0 Å². The highest BCUT2D eigenvalue weighted by Gasteiger charge is 2.26. The Labute approximate surface area is 113 Å². The molecule has 18 heavy (non-hydrogen) atoms. The van der Waals surface area contributed by atoms with Gasteiger partial charge in [-0.15, -0.1) is 0 Å². The Balaban J connectivity index is 1.52. The van der Waals surface area contributed by atoms with Crippen LogP contribution in [0.5, 0.6) is 0 Å². The summed E-state index contributed by atoms with van der Waals surface area (Å²) in [5.74, 6) is 2.67. The van der Waals surface area contributed by atoms with Crippen LogP contribution < -0.4 is 5.73 Å². The van der Waals surface area contributed by atoms with Crippen LogP contribution in [-0.2, 0) is 4.74 Å². The fourth-order valence-corrected chi connectivity index (χ4v) is 3.72. The van der Waals surface area contributed by atoms with Crippen LogP contribution in [0, 0.1) is 17.8 Å². The van der Waals surface area contributed by atoms with Crippen molar-refractivity contribution in [3.05, 3.63) is 0 Å². The van der Waals surface area contributed by atoms with E-state index in [4.69, 9.17) is 10.5 Å². The summed E-state index contributed by atoms with van der Waals surface area (Å²) in [6.07, 6.45) is 12.1. The second-order valence-electron chi connectivity index (χ2n) is 6.68. The van der Waals surface area contributed by atoms with E-state index in [2.05, 4.69) is 6.92 Å². The van der Waals surface area contributed by atoms with E-state index in [0.29, 0.717) is 6.04 Å². The zero-order chi connectivity index (χ0) is 12.8. The van der Waals surface area contributed by atoms with Gasteiger partial charge in [-0.05, 0) is 49.9 Å². The molecule has 2 aliphatic rings. The summed E-state index contributed by atoms with van der Waals surface area (Å²) >= 11 is 0. The van der Waals surface area contributed by atoms with E-state index in [1.165, 1.54) is 57.8 Å². The van der Waals surface area contributed by atoms with E-state index in [-0.39, 0.29) is 0 Å². The summed E-state index contributed by atoms with van der Waals surface area (Å²) in [5, 5.41) is 0. The fourth-order valence-electron chi connectivity index (χ4n) is 3.72. The second-order valence-corrected chi connectivity index (χ2v) is 6.68. The van der Waals surface area contributed by atoms with Gasteiger partial charge < -0.3 is 10.5 Å². The van der Waals surface area contributed by atoms with E-state index in [1.54, 1.807) is 0 Å². The topological polar surface area (TPSA) is 35.2 Å². The minimum Gasteiger partial charge on any atom is -0.381 e. The molecule has 1 saturated carbocycles. The average Bonchev–Trinajstić information content (AvgIpc) is 2.82. The van der Waals surface area contributed by atoms with Gasteiger partial charge in [0.15, 0.2) is 0 Å². The van der Waals surface area contributed by atoms with E-state index < -0.39 is 0 Å². The Bertz CT molecular complexity index is 225. The first-order chi connectivity index (χ1) is 8.75. The van der Waals surface area contributed by atoms with Gasteiger partial charge in [0.2, 0.25) is 0 Å². The van der Waals surface area contributed by atoms with Crippen molar-refractivity contribution in [3.8, 4) is 0 Å². The molecule has 2 rings (SSSR count). The summed E-state index contributed by atoms with van der Waals surface area (Å²) in [7, 11) is 0. The predicted octanol–water partition coefficient (Wildman–Crippen LogP) is 3.74. The summed E-state index contributed by atoms with van der Waals surface area (Å²) in [5.41, 5.74) is 6.34. The van der Waals surface area contributed by atoms with Gasteiger partial charge in [-0.2, -0.15) is 0 Å². The molecule has 3 unspecified atom stereocenters. The number of hydrogen-bond acceptors (Lipinski definition) is 2. The van der Waals surface area contributed by atoms with Crippen LogP contribution in [0.2, 0.25) is 0 Å². The third-order valence-electron chi connectivity index (χ3n) is 5.08. The van der Waals surface area contributed by atoms with Crippen LogP contribution >= 0.6 is 0 Å². The molecule has 2 fully saturated rings. The molecule has 0 aromatic heterocycles. The molecule has 3 atom stereocenters. The minimum absolute atomic E-state index is 0.477. The maximum atomic E-state index is 6.34. The molecule has 0 bridgehead atoms. The molecule has 1 heterocycles. The lowest BCUT2D eigenvalue weighted by molar-refractivity contribution is 0.0630. The normalized spacial score (nSPS) is 31.7. The molecule has 0 spiro atoms. The highest BCUT2D eigenvalue weighted by molar-refractivity contribution is 4.81. The van der Waals surface area contributed by atoms with Gasteiger partial charge in [0.05, 0.1) is 0 Å². The number of rotatable bonds is 6. The third kappa shape index (κ3) is 4.55. The predicted molar refractivity (Wildman–Crippen MR) is 76.5 cm³/mol. The lowest BCUT2D eigenvalue weighted by Crippen LogP contribution is -2.28. The molecule has 0 aromatic carbocycles. The first-order valence-corrected chi connectivity index (χ1v) is 8.09. The van der Waals surface area contributed by atoms with E-state index >= 15 is 0 Å². The van der Waals surface area contributed by atoms with Crippen molar-refractivity contribution in [2.24, 2.45) is 23.5 Å². The summed E-state index contributed by atoms with van der Waals surface area (Å²) in [6, 6.07) is 0.477. The van der Waals surface area contributed by atoms with Crippen molar-refractivity contribution in [1.29, 1.82) is 0 Å². The number of unbranched alkanes of at least 4 members (excludes halogenated alkanes) is 1. The molecule has 1 aliphatic heterocycles. The van der Waals surface area contributed by atoms with Crippen molar-refractivity contribution in [2.75, 3.05) is 13.2 Å². The van der Waals surface area contributed by atoms with Crippen molar-refractivity contribution in [1.82, 2.24) is 0 Å². The van der Waals surface area contributed by atoms with E-state index in [9.17, 15) is 0 Å². The quantitative estimate of drug-likeness (QED) is 0.732. The number of ether oxygens (including phenoxy) is 1. The molecule has 2 heteroatoms. The Morgan fingerprint density at radius 1 is 1.11 bits per heavy atom. The van der Waals surface area contributed by atoms with Crippen LogP contribution in [-0.4, -0.2) is 19.3 Å². The van der Waals surface area contributed by atoms with Crippen LogP contribution in [0.3, 0.4) is 0 Å². The molecular formula is C16H31NO. The van der Waals surface area contributed by atoms with Crippen LogP contribution in [0.1, 0.15) is 64.7 Å². The highest BCUT2D eigenvalue weighted by Crippen LogP contribution is 2.33. The van der Waals surface area contributed by atoms with Crippen molar-refractivity contribution in [3.63, 3.8) is 0 Å². The lowest BCUT2D eigenvalue weighted by Gasteiger charge is -2.23. The molecular weight excluding hydrogens is 222 g/mol. The number of nitrogens with two attached hydrogens (primary N) is 1. The van der Waals surface area contributed by atoms with Gasteiger partial charge in [-0.3, -0.25) is 0 Å². The zero-order valence-corrected chi connectivity index (χ0v) is 12.1. The summed E-state index contributed by atoms with van der Waals surface area (Å²) in [4.78, 5) is 0. The van der Waals surface area contributed by atoms with E-state index in [1.807, 2.05) is 0 Å². The molecule has 106 valence electrons. The van der Waals surface area contributed by atoms with Gasteiger partial charge in [0.25, 0.3) is 0 Å². The van der Waals surface area contributed by atoms with Gasteiger partial charge in [0, 0.05) is 19.3 Å². The Hall–Kier alpha value is -0.0800. The van der Waals surface area contributed by atoms with Crippen molar-refractivity contribution in [2.45, 2.75) is 70.8 Å². The Morgan fingerprint density at radius 3 is 2.56 bits per heavy atom. The van der Waals surface area contributed by atoms with Crippen molar-refractivity contribution < 1.29 is 4.74 Å².